The van der Waals surface area contributed by atoms with Gasteiger partial charge in [0.2, 0.25) is 11.8 Å². The fourth-order valence-electron chi connectivity index (χ4n) is 1.06. The standard InChI is InChI=1S/C10H13N3O2S/c1-15-10-3-2-7(6-13-10)5-12-9(14)4-8(11)16/h2-3,6H,4-5H2,1H3,(H2,11,16)(H,12,14). The normalized spacial score (nSPS) is 9.56. The Hall–Kier alpha value is -1.69. The number of nitrogens with two attached hydrogens (primary N) is 1. The molecule has 3 N–H and O–H groups in total. The Morgan fingerprint density at radius 3 is 2.88 bits per heavy atom. The quantitative estimate of drug-likeness (QED) is 0.726. The Balaban J connectivity index is 2.42. The molecule has 0 radical (unpaired) electrons. The van der Waals surface area contributed by atoms with Crippen molar-refractivity contribution in [3.63, 3.8) is 0 Å². The van der Waals surface area contributed by atoms with Crippen LogP contribution in [0.1, 0.15) is 12.0 Å². The summed E-state index contributed by atoms with van der Waals surface area (Å²) in [5, 5.41) is 2.68. The van der Waals surface area contributed by atoms with E-state index in [4.69, 9.17) is 10.5 Å². The van der Waals surface area contributed by atoms with Gasteiger partial charge in [0, 0.05) is 18.8 Å². The summed E-state index contributed by atoms with van der Waals surface area (Å²) in [5.74, 6) is 0.349. The number of carbonyl (C=O) groups is 1. The van der Waals surface area contributed by atoms with Crippen molar-refractivity contribution in [2.45, 2.75) is 13.0 Å². The molecule has 1 aromatic heterocycles. The van der Waals surface area contributed by atoms with Crippen molar-refractivity contribution >= 4 is 23.1 Å². The van der Waals surface area contributed by atoms with Gasteiger partial charge in [0.15, 0.2) is 0 Å². The second kappa shape index (κ2) is 6.02. The number of hydrogen-bond acceptors (Lipinski definition) is 4. The Kier molecular flexibility index (Phi) is 4.65. The van der Waals surface area contributed by atoms with Gasteiger partial charge in [-0.05, 0) is 5.56 Å². The second-order valence-corrected chi connectivity index (χ2v) is 3.65. The summed E-state index contributed by atoms with van der Waals surface area (Å²) in [4.78, 5) is 15.4. The van der Waals surface area contributed by atoms with Gasteiger partial charge in [-0.15, -0.1) is 0 Å². The van der Waals surface area contributed by atoms with E-state index in [0.29, 0.717) is 12.4 Å². The molecule has 0 saturated carbocycles. The molecule has 1 rings (SSSR count). The average Bonchev–Trinajstić information content (AvgIpc) is 2.26. The molecule has 0 bridgehead atoms. The average molecular weight is 239 g/mol. The number of rotatable bonds is 5. The minimum atomic E-state index is -0.191. The van der Waals surface area contributed by atoms with E-state index >= 15 is 0 Å². The topological polar surface area (TPSA) is 77.2 Å². The van der Waals surface area contributed by atoms with Gasteiger partial charge in [-0.3, -0.25) is 4.79 Å². The van der Waals surface area contributed by atoms with E-state index in [1.807, 2.05) is 6.07 Å². The van der Waals surface area contributed by atoms with Crippen LogP contribution in [0.4, 0.5) is 0 Å². The zero-order chi connectivity index (χ0) is 12.0. The summed E-state index contributed by atoms with van der Waals surface area (Å²) in [7, 11) is 1.55. The number of thiocarbonyl (C=S) groups is 1. The molecule has 86 valence electrons. The molecule has 5 nitrogen and oxygen atoms in total. The number of ether oxygens (including phenoxy) is 1. The maximum Gasteiger partial charge on any atom is 0.227 e. The van der Waals surface area contributed by atoms with Crippen molar-refractivity contribution in [2.24, 2.45) is 5.73 Å². The predicted octanol–water partition coefficient (Wildman–Crippen LogP) is 0.383. The summed E-state index contributed by atoms with van der Waals surface area (Å²) in [6.45, 7) is 0.401. The van der Waals surface area contributed by atoms with Crippen LogP contribution in [0.2, 0.25) is 0 Å². The molecule has 0 aliphatic heterocycles. The number of amides is 1. The van der Waals surface area contributed by atoms with Crippen molar-refractivity contribution in [1.29, 1.82) is 0 Å². The van der Waals surface area contributed by atoms with Crippen LogP contribution in [0.3, 0.4) is 0 Å². The molecule has 0 spiro atoms. The summed E-state index contributed by atoms with van der Waals surface area (Å²) < 4.78 is 4.92. The van der Waals surface area contributed by atoms with Crippen LogP contribution in [0.15, 0.2) is 18.3 Å². The SMILES string of the molecule is COc1ccc(CNC(=O)CC(N)=S)cn1. The molecule has 1 amide bonds. The third-order valence-electron chi connectivity index (χ3n) is 1.83. The van der Waals surface area contributed by atoms with Crippen molar-refractivity contribution in [3.05, 3.63) is 23.9 Å². The summed E-state index contributed by atoms with van der Waals surface area (Å²) >= 11 is 4.62. The van der Waals surface area contributed by atoms with Crippen LogP contribution < -0.4 is 15.8 Å². The molecule has 0 saturated heterocycles. The highest BCUT2D eigenvalue weighted by Gasteiger charge is 2.03. The number of nitrogens with zero attached hydrogens (tertiary/aromatic N) is 1. The number of pyridine rings is 1. The van der Waals surface area contributed by atoms with Gasteiger partial charge < -0.3 is 15.8 Å². The van der Waals surface area contributed by atoms with Crippen LogP contribution in [0, 0.1) is 0 Å². The van der Waals surface area contributed by atoms with Crippen LogP contribution >= 0.6 is 12.2 Å². The Labute approximate surface area is 99.0 Å². The van der Waals surface area contributed by atoms with E-state index in [0.717, 1.165) is 5.56 Å². The fourth-order valence-corrected chi connectivity index (χ4v) is 1.19. The highest BCUT2D eigenvalue weighted by Crippen LogP contribution is 2.06. The van der Waals surface area contributed by atoms with Crippen LogP contribution in [-0.2, 0) is 11.3 Å². The molecule has 0 fully saturated rings. The number of hydrogen-bond donors (Lipinski definition) is 2. The lowest BCUT2D eigenvalue weighted by Crippen LogP contribution is -2.27. The largest absolute Gasteiger partial charge is 0.481 e. The third-order valence-corrected chi connectivity index (χ3v) is 1.98. The van der Waals surface area contributed by atoms with Gasteiger partial charge >= 0.3 is 0 Å². The molecule has 0 atom stereocenters. The number of aromatic nitrogens is 1. The fraction of sp³-hybridized carbons (Fsp3) is 0.300. The van der Waals surface area contributed by atoms with Gasteiger partial charge in [0.25, 0.3) is 0 Å². The highest BCUT2D eigenvalue weighted by molar-refractivity contribution is 7.80. The van der Waals surface area contributed by atoms with Crippen molar-refractivity contribution in [2.75, 3.05) is 7.11 Å². The summed E-state index contributed by atoms with van der Waals surface area (Å²) in [6, 6.07) is 3.56. The van der Waals surface area contributed by atoms with Gasteiger partial charge in [0.1, 0.15) is 0 Å². The van der Waals surface area contributed by atoms with E-state index in [-0.39, 0.29) is 17.3 Å². The summed E-state index contributed by atoms with van der Waals surface area (Å²) in [6.07, 6.45) is 1.71. The third kappa shape index (κ3) is 4.22. The molecule has 1 aromatic rings. The van der Waals surface area contributed by atoms with E-state index < -0.39 is 0 Å². The number of carbonyl (C=O) groups excluding carboxylic acids is 1. The molecular weight excluding hydrogens is 226 g/mol. The zero-order valence-corrected chi connectivity index (χ0v) is 9.71. The monoisotopic (exact) mass is 239 g/mol. The molecule has 0 unspecified atom stereocenters. The predicted molar refractivity (Wildman–Crippen MR) is 64.0 cm³/mol. The minimum Gasteiger partial charge on any atom is -0.481 e. The molecule has 0 aliphatic rings. The Bertz CT molecular complexity index is 378. The lowest BCUT2D eigenvalue weighted by molar-refractivity contribution is -0.120. The van der Waals surface area contributed by atoms with Gasteiger partial charge in [0.05, 0.1) is 18.5 Å². The molecule has 0 aromatic carbocycles. The van der Waals surface area contributed by atoms with E-state index in [1.165, 1.54) is 0 Å². The maximum absolute atomic E-state index is 11.2. The molecule has 1 heterocycles. The first kappa shape index (κ1) is 12.4. The van der Waals surface area contributed by atoms with E-state index in [9.17, 15) is 4.79 Å². The van der Waals surface area contributed by atoms with Gasteiger partial charge in [-0.2, -0.15) is 0 Å². The summed E-state index contributed by atoms with van der Waals surface area (Å²) in [5.41, 5.74) is 6.13. The van der Waals surface area contributed by atoms with Crippen LogP contribution in [0.5, 0.6) is 5.88 Å². The highest BCUT2D eigenvalue weighted by atomic mass is 32.1. The van der Waals surface area contributed by atoms with Gasteiger partial charge in [-0.25, -0.2) is 4.98 Å². The molecule has 16 heavy (non-hydrogen) atoms. The lowest BCUT2D eigenvalue weighted by Gasteiger charge is -2.05. The molecule has 0 aliphatic carbocycles. The van der Waals surface area contributed by atoms with Crippen molar-refractivity contribution in [3.8, 4) is 5.88 Å². The Morgan fingerprint density at radius 2 is 2.38 bits per heavy atom. The Morgan fingerprint density at radius 1 is 1.62 bits per heavy atom. The second-order valence-electron chi connectivity index (χ2n) is 3.13. The number of methoxy groups -OCH3 is 1. The number of nitrogens with one attached hydrogen (secondary N) is 1. The first-order valence-electron chi connectivity index (χ1n) is 4.65. The van der Waals surface area contributed by atoms with Crippen molar-refractivity contribution < 1.29 is 9.53 Å². The van der Waals surface area contributed by atoms with Crippen molar-refractivity contribution in [1.82, 2.24) is 10.3 Å². The van der Waals surface area contributed by atoms with Crippen LogP contribution in [-0.4, -0.2) is 23.0 Å². The smallest absolute Gasteiger partial charge is 0.227 e. The molecular formula is C10H13N3O2S. The van der Waals surface area contributed by atoms with E-state index in [2.05, 4.69) is 22.5 Å². The minimum absolute atomic E-state index is 0.0684. The van der Waals surface area contributed by atoms with Gasteiger partial charge in [-0.1, -0.05) is 18.3 Å². The lowest BCUT2D eigenvalue weighted by atomic mass is 10.3. The zero-order valence-electron chi connectivity index (χ0n) is 8.90. The van der Waals surface area contributed by atoms with Crippen LogP contribution in [0.25, 0.3) is 0 Å². The maximum atomic E-state index is 11.2. The van der Waals surface area contributed by atoms with E-state index in [1.54, 1.807) is 19.4 Å². The first-order chi connectivity index (χ1) is 7.61. The molecule has 6 heteroatoms. The first-order valence-corrected chi connectivity index (χ1v) is 5.06.